The summed E-state index contributed by atoms with van der Waals surface area (Å²) in [4.78, 5) is 1.24. The molecule has 0 radical (unpaired) electrons. The molecule has 452 valence electrons. The fraction of sp³-hybridized carbons (Fsp3) is 0.0217. The molecule has 0 saturated carbocycles. The largest absolute Gasteiger partial charge is 0.135 e. The van der Waals surface area contributed by atoms with Gasteiger partial charge in [0.1, 0.15) is 0 Å². The maximum atomic E-state index is 5.02. The summed E-state index contributed by atoms with van der Waals surface area (Å²) in [5.74, 6) is 0. The van der Waals surface area contributed by atoms with Crippen molar-refractivity contribution in [1.29, 1.82) is 0 Å². The summed E-state index contributed by atoms with van der Waals surface area (Å²) in [6, 6.07) is 90.3. The highest BCUT2D eigenvalue weighted by Gasteiger charge is 2.23. The second kappa shape index (κ2) is 23.6. The molecule has 0 atom stereocenters. The Morgan fingerprint density at radius 1 is 0.396 bits per heavy atom. The second-order valence-electron chi connectivity index (χ2n) is 25.1. The quantitative estimate of drug-likeness (QED) is 0.0946. The maximum Gasteiger partial charge on any atom is 0.0455 e. The van der Waals surface area contributed by atoms with E-state index in [1.54, 1.807) is 0 Å². The van der Waals surface area contributed by atoms with Crippen LogP contribution in [0.4, 0.5) is 0 Å². The topological polar surface area (TPSA) is 0 Å². The predicted octanol–water partition coefficient (Wildman–Crippen LogP) is 24.7. The van der Waals surface area contributed by atoms with Gasteiger partial charge < -0.3 is 0 Å². The third-order valence-electron chi connectivity index (χ3n) is 19.5. The number of thiophene rings is 4. The Kier molecular flexibility index (Phi) is 14.2. The highest BCUT2D eigenvalue weighted by Crippen LogP contribution is 2.52. The van der Waals surface area contributed by atoms with Crippen molar-refractivity contribution in [2.45, 2.75) is 12.8 Å². The van der Waals surface area contributed by atoms with Gasteiger partial charge in [0.15, 0.2) is 0 Å². The van der Waals surface area contributed by atoms with Crippen molar-refractivity contribution in [3.8, 4) is 43.8 Å². The molecule has 0 aliphatic heterocycles. The van der Waals surface area contributed by atoms with Gasteiger partial charge in [0.05, 0.1) is 0 Å². The molecule has 0 N–H and O–H groups in total. The smallest absolute Gasteiger partial charge is 0.0455 e. The van der Waals surface area contributed by atoms with Crippen LogP contribution in [0.5, 0.6) is 0 Å². The Balaban J connectivity index is 0.728. The molecule has 0 fully saturated rings. The van der Waals surface area contributed by atoms with Crippen LogP contribution in [0.25, 0.3) is 182 Å². The van der Waals surface area contributed by atoms with Gasteiger partial charge in [-0.15, -0.1) is 45.3 Å². The summed E-state index contributed by atoms with van der Waals surface area (Å²) in [5, 5.41) is 20.8. The Bertz CT molecular complexity index is 6510. The van der Waals surface area contributed by atoms with Crippen LogP contribution in [0.3, 0.4) is 0 Å². The van der Waals surface area contributed by atoms with Crippen LogP contribution in [0.1, 0.15) is 24.0 Å². The third kappa shape index (κ3) is 9.66. The molecule has 1 aliphatic carbocycles. The maximum absolute atomic E-state index is 5.02. The van der Waals surface area contributed by atoms with Crippen molar-refractivity contribution >= 4 is 184 Å². The highest BCUT2D eigenvalue weighted by molar-refractivity contribution is 7.30. The highest BCUT2D eigenvalue weighted by atomic mass is 32.1. The lowest BCUT2D eigenvalue weighted by Crippen LogP contribution is -2.29. The van der Waals surface area contributed by atoms with Gasteiger partial charge in [0.2, 0.25) is 0 Å². The van der Waals surface area contributed by atoms with Crippen LogP contribution < -0.4 is 20.9 Å². The summed E-state index contributed by atoms with van der Waals surface area (Å²) in [6.07, 6.45) is 19.2. The summed E-state index contributed by atoms with van der Waals surface area (Å²) in [7, 11) is 0. The molecule has 17 aromatic rings. The standard InChI is InChI=1S/C92H60S4/c1-5-6-24-58-25-23-27-63(49-58)87-70-33-14-16-35-72(70)88(73-36-17-15-34-71(73)87)64-43-45-76-84(52-64)96-91-75-38-19-18-37-74(75)89-80-50-61(44-46-83(80)95-92(89)90(76)91)60-42-41-59(55(2)47-60)48-56(3)65-28-9-7-8-10-29-66(68-31-13-12-30-67(65)68)57(4)77-53-78-69-32-20-22-40-82(69)94-86(78)54-79(77)85-51-62-26-11-21-39-81(62)93-85/h5-6,9-54H,1-4,7-8H2/b24-6-,28-9?,29-10+,59-48-,67-65?,68-66+. The number of hydrogen-bond donors (Lipinski definition) is 0. The first-order chi connectivity index (χ1) is 47.3. The third-order valence-corrected chi connectivity index (χ3v) is 24.1. The molecule has 0 saturated heterocycles. The van der Waals surface area contributed by atoms with Crippen LogP contribution in [0, 0.1) is 0 Å². The molecule has 18 rings (SSSR count). The van der Waals surface area contributed by atoms with Gasteiger partial charge in [-0.1, -0.05) is 251 Å². The van der Waals surface area contributed by atoms with Crippen molar-refractivity contribution in [2.24, 2.45) is 0 Å². The minimum absolute atomic E-state index is 0.901. The van der Waals surface area contributed by atoms with E-state index in [4.69, 9.17) is 19.7 Å². The molecule has 4 heterocycles. The molecular weight excluding hydrogens is 1230 g/mol. The number of fused-ring (bicyclic) bond motifs is 17. The van der Waals surface area contributed by atoms with Crippen LogP contribution in [0.2, 0.25) is 0 Å². The number of hydrogen-bond acceptors (Lipinski definition) is 4. The van der Waals surface area contributed by atoms with Crippen molar-refractivity contribution in [3.05, 3.63) is 336 Å². The van der Waals surface area contributed by atoms with E-state index in [0.717, 1.165) is 72.7 Å². The average molecular weight is 1290 g/mol. The van der Waals surface area contributed by atoms with Gasteiger partial charge in [0.25, 0.3) is 0 Å². The molecule has 4 heteroatoms. The Morgan fingerprint density at radius 3 is 1.74 bits per heavy atom. The number of benzene rings is 13. The lowest BCUT2D eigenvalue weighted by molar-refractivity contribution is 1.05. The van der Waals surface area contributed by atoms with Crippen molar-refractivity contribution in [1.82, 2.24) is 0 Å². The lowest BCUT2D eigenvalue weighted by Gasteiger charge is -2.18. The Labute approximate surface area is 572 Å². The van der Waals surface area contributed by atoms with E-state index in [0.29, 0.717) is 0 Å². The lowest BCUT2D eigenvalue weighted by atomic mass is 9.85. The SMILES string of the molecule is C=C/C=C\c1cccc(-c2c3ccccc3c(-c3ccc4c(c3)sc3c5ccccc5c5c6cc(-c7cc/c(=C/C(=C)C8=c9cccc/c9=C(C(=C)c9cc%10c(cc9-c9cc%11ccccc%11s9)sc9ccccc9%10)/C=C/CCC=C8)c(=C)c7)ccc6sc5c43)c3ccccc23)c1. The molecule has 0 nitrogen and oxygen atoms in total. The van der Waals surface area contributed by atoms with Gasteiger partial charge in [-0.25, -0.2) is 0 Å². The zero-order chi connectivity index (χ0) is 64.1. The van der Waals surface area contributed by atoms with E-state index >= 15 is 0 Å². The molecule has 0 spiro atoms. The number of rotatable bonds is 10. The fourth-order valence-corrected chi connectivity index (χ4v) is 19.8. The van der Waals surface area contributed by atoms with E-state index in [2.05, 4.69) is 286 Å². The van der Waals surface area contributed by atoms with E-state index in [1.165, 1.54) is 141 Å². The summed E-state index contributed by atoms with van der Waals surface area (Å²) in [6.45, 7) is 18.5. The molecular formula is C92H60S4. The molecule has 0 bridgehead atoms. The van der Waals surface area contributed by atoms with Gasteiger partial charge in [-0.2, -0.15) is 0 Å². The molecule has 13 aromatic carbocycles. The molecule has 0 amide bonds. The molecule has 0 unspecified atom stereocenters. The van der Waals surface area contributed by atoms with Crippen molar-refractivity contribution in [2.75, 3.05) is 0 Å². The average Bonchev–Trinajstić information content (AvgIpc) is 1.65. The summed E-state index contributed by atoms with van der Waals surface area (Å²) < 4.78 is 9.10. The van der Waals surface area contributed by atoms with Crippen molar-refractivity contribution in [3.63, 3.8) is 0 Å². The minimum atomic E-state index is 0.901. The molecule has 1 aliphatic rings. The molecule has 96 heavy (non-hydrogen) atoms. The zero-order valence-corrected chi connectivity index (χ0v) is 55.9. The van der Waals surface area contributed by atoms with Gasteiger partial charge >= 0.3 is 0 Å². The Morgan fingerprint density at radius 2 is 1.00 bits per heavy atom. The van der Waals surface area contributed by atoms with Crippen LogP contribution in [-0.4, -0.2) is 0 Å². The second-order valence-corrected chi connectivity index (χ2v) is 29.4. The summed E-state index contributed by atoms with van der Waals surface area (Å²) in [5.41, 5.74) is 14.9. The van der Waals surface area contributed by atoms with Crippen LogP contribution in [0.15, 0.2) is 304 Å². The predicted molar refractivity (Wildman–Crippen MR) is 428 cm³/mol. The zero-order valence-electron chi connectivity index (χ0n) is 52.6. The number of allylic oxidation sites excluding steroid dienone is 8. The minimum Gasteiger partial charge on any atom is -0.135 e. The van der Waals surface area contributed by atoms with Gasteiger partial charge in [-0.05, 0) is 200 Å². The first-order valence-corrected chi connectivity index (χ1v) is 35.9. The van der Waals surface area contributed by atoms with Crippen molar-refractivity contribution < 1.29 is 0 Å². The van der Waals surface area contributed by atoms with E-state index < -0.39 is 0 Å². The first kappa shape index (κ1) is 57.8. The van der Waals surface area contributed by atoms with E-state index in [9.17, 15) is 0 Å². The fourth-order valence-electron chi connectivity index (χ4n) is 15.0. The Hall–Kier alpha value is -10.8. The van der Waals surface area contributed by atoms with Crippen LogP contribution in [-0.2, 0) is 0 Å². The van der Waals surface area contributed by atoms with Gasteiger partial charge in [-0.3, -0.25) is 0 Å². The van der Waals surface area contributed by atoms with E-state index in [1.807, 2.05) is 57.5 Å². The molecule has 4 aromatic heterocycles. The monoisotopic (exact) mass is 1290 g/mol. The van der Waals surface area contributed by atoms with E-state index in [-0.39, 0.29) is 0 Å². The van der Waals surface area contributed by atoms with Gasteiger partial charge in [0, 0.05) is 81.0 Å². The van der Waals surface area contributed by atoms with Crippen LogP contribution >= 0.6 is 45.3 Å². The first-order valence-electron chi connectivity index (χ1n) is 32.7. The summed E-state index contributed by atoms with van der Waals surface area (Å²) >= 11 is 7.56. The normalized spacial score (nSPS) is 14.1.